The zero-order chi connectivity index (χ0) is 17.3. The molecule has 3 rings (SSSR count). The maximum Gasteiger partial charge on any atom is 0.244 e. The van der Waals surface area contributed by atoms with E-state index in [1.165, 1.54) is 12.1 Å². The Morgan fingerprint density at radius 3 is 2.36 bits per heavy atom. The van der Waals surface area contributed by atoms with Gasteiger partial charge in [-0.05, 0) is 43.5 Å². The minimum absolute atomic E-state index is 0. The van der Waals surface area contributed by atoms with Gasteiger partial charge in [0.1, 0.15) is 11.9 Å². The molecule has 0 bridgehead atoms. The smallest absolute Gasteiger partial charge is 0.244 e. The van der Waals surface area contributed by atoms with Crippen LogP contribution in [0.5, 0.6) is 0 Å². The summed E-state index contributed by atoms with van der Waals surface area (Å²) in [7, 11) is 0. The normalized spacial score (nSPS) is 20.9. The molecule has 134 valence electrons. The van der Waals surface area contributed by atoms with Crippen molar-refractivity contribution in [1.82, 2.24) is 4.90 Å². The van der Waals surface area contributed by atoms with Crippen LogP contribution in [-0.2, 0) is 4.79 Å². The average molecular weight is 363 g/mol. The molecule has 1 saturated heterocycles. The van der Waals surface area contributed by atoms with E-state index in [0.717, 1.165) is 23.1 Å². The Bertz CT molecular complexity index is 717. The molecule has 0 radical (unpaired) electrons. The Hall–Kier alpha value is -1.91. The zero-order valence-corrected chi connectivity index (χ0v) is 15.3. The lowest BCUT2D eigenvalue weighted by atomic mass is 9.97. The second-order valence-electron chi connectivity index (χ2n) is 6.71. The molecular formula is C20H24ClFN2O. The Morgan fingerprint density at radius 1 is 1.16 bits per heavy atom. The molecule has 25 heavy (non-hydrogen) atoms. The number of likely N-dealkylation sites (tertiary alicyclic amines) is 1. The molecule has 1 fully saturated rings. The molecule has 3 nitrogen and oxygen atoms in total. The molecule has 3 unspecified atom stereocenters. The van der Waals surface area contributed by atoms with Crippen molar-refractivity contribution in [1.29, 1.82) is 0 Å². The molecule has 2 aromatic carbocycles. The number of rotatable bonds is 3. The first kappa shape index (κ1) is 19.4. The van der Waals surface area contributed by atoms with Crippen molar-refractivity contribution in [3.8, 4) is 0 Å². The molecule has 0 spiro atoms. The van der Waals surface area contributed by atoms with E-state index < -0.39 is 6.04 Å². The van der Waals surface area contributed by atoms with Crippen molar-refractivity contribution in [3.63, 3.8) is 0 Å². The fourth-order valence-corrected chi connectivity index (χ4v) is 3.41. The van der Waals surface area contributed by atoms with E-state index in [1.54, 1.807) is 12.1 Å². The third-order valence-electron chi connectivity index (χ3n) is 4.90. The summed E-state index contributed by atoms with van der Waals surface area (Å²) in [5, 5.41) is 0. The maximum atomic E-state index is 13.1. The third kappa shape index (κ3) is 4.20. The van der Waals surface area contributed by atoms with Crippen LogP contribution in [0.15, 0.2) is 48.5 Å². The van der Waals surface area contributed by atoms with Crippen LogP contribution >= 0.6 is 12.4 Å². The van der Waals surface area contributed by atoms with Gasteiger partial charge in [0.2, 0.25) is 5.91 Å². The van der Waals surface area contributed by atoms with Crippen molar-refractivity contribution in [2.75, 3.05) is 6.54 Å². The molecule has 1 aliphatic heterocycles. The van der Waals surface area contributed by atoms with Gasteiger partial charge in [-0.2, -0.15) is 0 Å². The van der Waals surface area contributed by atoms with Gasteiger partial charge in [0.25, 0.3) is 0 Å². The standard InChI is InChI=1S/C20H23FN2O.ClH/c1-13-3-5-16(6-4-13)19(22)20(24)23-12-17(11-14(23)2)15-7-9-18(21)10-8-15;/h3-10,14,17,19H,11-12,22H2,1-2H3;1H. The lowest BCUT2D eigenvalue weighted by molar-refractivity contribution is -0.133. The maximum absolute atomic E-state index is 13.1. The first-order valence-electron chi connectivity index (χ1n) is 8.34. The molecule has 0 aliphatic carbocycles. The first-order chi connectivity index (χ1) is 11.5. The highest BCUT2D eigenvalue weighted by molar-refractivity contribution is 5.85. The minimum atomic E-state index is -0.639. The topological polar surface area (TPSA) is 46.3 Å². The third-order valence-corrected chi connectivity index (χ3v) is 4.90. The van der Waals surface area contributed by atoms with Gasteiger partial charge in [0.15, 0.2) is 0 Å². The number of amides is 1. The van der Waals surface area contributed by atoms with Gasteiger partial charge < -0.3 is 10.6 Å². The van der Waals surface area contributed by atoms with E-state index >= 15 is 0 Å². The second kappa shape index (κ2) is 7.98. The Morgan fingerprint density at radius 2 is 1.76 bits per heavy atom. The molecule has 5 heteroatoms. The largest absolute Gasteiger partial charge is 0.338 e. The molecule has 0 saturated carbocycles. The molecule has 1 amide bonds. The van der Waals surface area contributed by atoms with Crippen LogP contribution in [0.1, 0.15) is 42.0 Å². The van der Waals surface area contributed by atoms with Crippen LogP contribution in [0.25, 0.3) is 0 Å². The molecule has 2 N–H and O–H groups in total. The number of carbonyl (C=O) groups excluding carboxylic acids is 1. The van der Waals surface area contributed by atoms with Crippen LogP contribution in [0.2, 0.25) is 0 Å². The van der Waals surface area contributed by atoms with Crippen molar-refractivity contribution in [3.05, 3.63) is 71.0 Å². The Labute approximate surface area is 154 Å². The zero-order valence-electron chi connectivity index (χ0n) is 14.5. The number of carbonyl (C=O) groups is 1. The van der Waals surface area contributed by atoms with E-state index in [9.17, 15) is 9.18 Å². The molecule has 1 aliphatic rings. The summed E-state index contributed by atoms with van der Waals surface area (Å²) in [4.78, 5) is 14.7. The fraction of sp³-hybridized carbons (Fsp3) is 0.350. The van der Waals surface area contributed by atoms with Gasteiger partial charge >= 0.3 is 0 Å². The van der Waals surface area contributed by atoms with E-state index in [0.29, 0.717) is 6.54 Å². The molecular weight excluding hydrogens is 339 g/mol. The average Bonchev–Trinajstić information content (AvgIpc) is 2.96. The number of nitrogens with zero attached hydrogens (tertiary/aromatic N) is 1. The highest BCUT2D eigenvalue weighted by Gasteiger charge is 2.35. The van der Waals surface area contributed by atoms with Crippen molar-refractivity contribution < 1.29 is 9.18 Å². The first-order valence-corrected chi connectivity index (χ1v) is 8.34. The summed E-state index contributed by atoms with van der Waals surface area (Å²) in [6, 6.07) is 13.8. The van der Waals surface area contributed by atoms with Gasteiger partial charge in [-0.15, -0.1) is 12.4 Å². The summed E-state index contributed by atoms with van der Waals surface area (Å²) in [5.41, 5.74) is 9.24. The number of aryl methyl sites for hydroxylation is 1. The Balaban J connectivity index is 0.00000225. The number of nitrogens with two attached hydrogens (primary N) is 1. The fourth-order valence-electron chi connectivity index (χ4n) is 3.41. The number of halogens is 2. The van der Waals surface area contributed by atoms with Crippen molar-refractivity contribution in [2.45, 2.75) is 38.3 Å². The van der Waals surface area contributed by atoms with Crippen molar-refractivity contribution >= 4 is 18.3 Å². The predicted molar refractivity (Wildman–Crippen MR) is 100 cm³/mol. The van der Waals surface area contributed by atoms with Crippen LogP contribution in [0.3, 0.4) is 0 Å². The monoisotopic (exact) mass is 362 g/mol. The SMILES string of the molecule is Cc1ccc(C(N)C(=O)N2CC(c3ccc(F)cc3)CC2C)cc1.Cl. The minimum Gasteiger partial charge on any atom is -0.338 e. The van der Waals surface area contributed by atoms with Gasteiger partial charge in [0, 0.05) is 18.5 Å². The summed E-state index contributed by atoms with van der Waals surface area (Å²) in [5.74, 6) is -0.0511. The number of hydrogen-bond acceptors (Lipinski definition) is 2. The van der Waals surface area contributed by atoms with Crippen LogP contribution in [0, 0.1) is 12.7 Å². The van der Waals surface area contributed by atoms with E-state index in [4.69, 9.17) is 5.73 Å². The van der Waals surface area contributed by atoms with Crippen molar-refractivity contribution in [2.24, 2.45) is 5.73 Å². The van der Waals surface area contributed by atoms with E-state index in [1.807, 2.05) is 43.0 Å². The summed E-state index contributed by atoms with van der Waals surface area (Å²) in [6.45, 7) is 4.68. The van der Waals surface area contributed by atoms with Gasteiger partial charge in [0.05, 0.1) is 0 Å². The quantitative estimate of drug-likeness (QED) is 0.898. The number of benzene rings is 2. The molecule has 1 heterocycles. The van der Waals surface area contributed by atoms with Crippen LogP contribution in [-0.4, -0.2) is 23.4 Å². The second-order valence-corrected chi connectivity index (χ2v) is 6.71. The molecule has 3 atom stereocenters. The lowest BCUT2D eigenvalue weighted by Gasteiger charge is -2.25. The van der Waals surface area contributed by atoms with Crippen LogP contribution in [0.4, 0.5) is 4.39 Å². The van der Waals surface area contributed by atoms with Gasteiger partial charge in [-0.3, -0.25) is 4.79 Å². The van der Waals surface area contributed by atoms with E-state index in [2.05, 4.69) is 0 Å². The Kier molecular flexibility index (Phi) is 6.20. The van der Waals surface area contributed by atoms with Crippen LogP contribution < -0.4 is 5.73 Å². The summed E-state index contributed by atoms with van der Waals surface area (Å²) < 4.78 is 13.1. The molecule has 2 aromatic rings. The van der Waals surface area contributed by atoms with Gasteiger partial charge in [-0.1, -0.05) is 42.0 Å². The number of hydrogen-bond donors (Lipinski definition) is 1. The highest BCUT2D eigenvalue weighted by Crippen LogP contribution is 2.33. The lowest BCUT2D eigenvalue weighted by Crippen LogP contribution is -2.40. The summed E-state index contributed by atoms with van der Waals surface area (Å²) >= 11 is 0. The highest BCUT2D eigenvalue weighted by atomic mass is 35.5. The van der Waals surface area contributed by atoms with E-state index in [-0.39, 0.29) is 36.1 Å². The van der Waals surface area contributed by atoms with Gasteiger partial charge in [-0.25, -0.2) is 4.39 Å². The summed E-state index contributed by atoms with van der Waals surface area (Å²) in [6.07, 6.45) is 0.873. The predicted octanol–water partition coefficient (Wildman–Crippen LogP) is 3.96. The molecule has 0 aromatic heterocycles.